The van der Waals surface area contributed by atoms with Crippen LogP contribution in [0.1, 0.15) is 5.69 Å². The van der Waals surface area contributed by atoms with E-state index in [1.807, 2.05) is 41.9 Å². The number of fused-ring (bicyclic) bond motifs is 1. The van der Waals surface area contributed by atoms with Crippen molar-refractivity contribution in [3.05, 3.63) is 30.0 Å². The predicted molar refractivity (Wildman–Crippen MR) is 70.5 cm³/mol. The summed E-state index contributed by atoms with van der Waals surface area (Å²) in [6.07, 6.45) is 0. The Balaban J connectivity index is 2.22. The molecule has 0 radical (unpaired) electrons. The standard InChI is InChI=1S/C12H17N5O/c1-16(8-12(13)15-18)7-10-9-5-3-4-6-11(9)17(2)14-10/h3-6,18H,7-8H2,1-2H3,(H2,13,15). The predicted octanol–water partition coefficient (Wildman–Crippen LogP) is 0.752. The average Bonchev–Trinajstić information content (AvgIpc) is 2.67. The van der Waals surface area contributed by atoms with Crippen LogP contribution >= 0.6 is 0 Å². The van der Waals surface area contributed by atoms with E-state index in [2.05, 4.69) is 16.3 Å². The van der Waals surface area contributed by atoms with E-state index in [1.54, 1.807) is 0 Å². The van der Waals surface area contributed by atoms with Crippen molar-refractivity contribution in [2.24, 2.45) is 17.9 Å². The lowest BCUT2D eigenvalue weighted by Gasteiger charge is -2.13. The fourth-order valence-electron chi connectivity index (χ4n) is 2.03. The molecule has 96 valence electrons. The average molecular weight is 247 g/mol. The summed E-state index contributed by atoms with van der Waals surface area (Å²) < 4.78 is 1.86. The molecule has 0 aliphatic heterocycles. The molecular weight excluding hydrogens is 230 g/mol. The zero-order valence-electron chi connectivity index (χ0n) is 10.5. The molecule has 0 spiro atoms. The Morgan fingerprint density at radius 3 is 2.94 bits per heavy atom. The van der Waals surface area contributed by atoms with Gasteiger partial charge >= 0.3 is 0 Å². The smallest absolute Gasteiger partial charge is 0.153 e. The number of hydrogen-bond acceptors (Lipinski definition) is 4. The summed E-state index contributed by atoms with van der Waals surface area (Å²) >= 11 is 0. The summed E-state index contributed by atoms with van der Waals surface area (Å²) in [6.45, 7) is 1.05. The Morgan fingerprint density at radius 2 is 2.22 bits per heavy atom. The van der Waals surface area contributed by atoms with Crippen LogP contribution in [0.3, 0.4) is 0 Å². The third-order valence-corrected chi connectivity index (χ3v) is 2.81. The molecule has 0 atom stereocenters. The highest BCUT2D eigenvalue weighted by atomic mass is 16.4. The number of amidine groups is 1. The van der Waals surface area contributed by atoms with Crippen molar-refractivity contribution in [3.63, 3.8) is 0 Å². The van der Waals surface area contributed by atoms with Crippen LogP contribution < -0.4 is 5.73 Å². The zero-order chi connectivity index (χ0) is 13.1. The minimum Gasteiger partial charge on any atom is -0.409 e. The molecule has 0 bridgehead atoms. The largest absolute Gasteiger partial charge is 0.409 e. The number of nitrogens with two attached hydrogens (primary N) is 1. The van der Waals surface area contributed by atoms with Crippen LogP contribution in [-0.2, 0) is 13.6 Å². The number of oxime groups is 1. The highest BCUT2D eigenvalue weighted by Crippen LogP contribution is 2.18. The minimum atomic E-state index is 0.192. The maximum atomic E-state index is 8.54. The van der Waals surface area contributed by atoms with Crippen molar-refractivity contribution in [1.82, 2.24) is 14.7 Å². The molecule has 6 heteroatoms. The second kappa shape index (κ2) is 5.05. The van der Waals surface area contributed by atoms with Gasteiger partial charge in [-0.05, 0) is 13.1 Å². The molecule has 0 fully saturated rings. The summed E-state index contributed by atoms with van der Waals surface area (Å²) in [5, 5.41) is 17.1. The summed E-state index contributed by atoms with van der Waals surface area (Å²) in [5.74, 6) is 0.192. The van der Waals surface area contributed by atoms with Crippen LogP contribution in [0.5, 0.6) is 0 Å². The highest BCUT2D eigenvalue weighted by Gasteiger charge is 2.10. The molecule has 1 heterocycles. The first kappa shape index (κ1) is 12.4. The summed E-state index contributed by atoms with van der Waals surface area (Å²) in [7, 11) is 3.83. The lowest BCUT2D eigenvalue weighted by atomic mass is 10.2. The molecule has 0 saturated heterocycles. The Morgan fingerprint density at radius 1 is 1.50 bits per heavy atom. The molecule has 0 unspecified atom stereocenters. The Bertz CT molecular complexity index is 575. The first-order chi connectivity index (χ1) is 8.61. The molecule has 18 heavy (non-hydrogen) atoms. The van der Waals surface area contributed by atoms with Gasteiger partial charge in [-0.15, -0.1) is 0 Å². The molecular formula is C12H17N5O. The van der Waals surface area contributed by atoms with E-state index < -0.39 is 0 Å². The Kier molecular flexibility index (Phi) is 3.47. The van der Waals surface area contributed by atoms with E-state index in [-0.39, 0.29) is 5.84 Å². The van der Waals surface area contributed by atoms with E-state index in [1.165, 1.54) is 0 Å². The Hall–Kier alpha value is -2.08. The lowest BCUT2D eigenvalue weighted by Crippen LogP contribution is -2.30. The van der Waals surface area contributed by atoms with Gasteiger partial charge in [-0.25, -0.2) is 0 Å². The number of nitrogens with zero attached hydrogens (tertiary/aromatic N) is 4. The lowest BCUT2D eigenvalue weighted by molar-refractivity contribution is 0.307. The molecule has 3 N–H and O–H groups in total. The van der Waals surface area contributed by atoms with Gasteiger partial charge < -0.3 is 10.9 Å². The molecule has 0 aliphatic carbocycles. The third kappa shape index (κ3) is 2.43. The number of benzene rings is 1. The maximum Gasteiger partial charge on any atom is 0.153 e. The first-order valence-electron chi connectivity index (χ1n) is 5.67. The number of likely N-dealkylation sites (N-methyl/N-ethyl adjacent to an activating group) is 1. The zero-order valence-corrected chi connectivity index (χ0v) is 10.5. The summed E-state index contributed by atoms with van der Waals surface area (Å²) in [5.41, 5.74) is 7.57. The summed E-state index contributed by atoms with van der Waals surface area (Å²) in [6, 6.07) is 8.08. The van der Waals surface area contributed by atoms with Crippen LogP contribution in [0, 0.1) is 0 Å². The normalized spacial score (nSPS) is 12.5. The van der Waals surface area contributed by atoms with E-state index >= 15 is 0 Å². The van der Waals surface area contributed by atoms with Gasteiger partial charge in [0.05, 0.1) is 17.8 Å². The number of aryl methyl sites for hydroxylation is 1. The van der Waals surface area contributed by atoms with Crippen molar-refractivity contribution in [2.75, 3.05) is 13.6 Å². The summed E-state index contributed by atoms with van der Waals surface area (Å²) in [4.78, 5) is 1.95. The topological polar surface area (TPSA) is 79.7 Å². The fraction of sp³-hybridized carbons (Fsp3) is 0.333. The highest BCUT2D eigenvalue weighted by molar-refractivity contribution is 5.83. The SMILES string of the molecule is CN(CC(N)=NO)Cc1nn(C)c2ccccc12. The van der Waals surface area contributed by atoms with Crippen LogP contribution in [0.15, 0.2) is 29.4 Å². The second-order valence-electron chi connectivity index (χ2n) is 4.35. The van der Waals surface area contributed by atoms with Crippen molar-refractivity contribution in [3.8, 4) is 0 Å². The van der Waals surface area contributed by atoms with Gasteiger partial charge in [0.1, 0.15) is 0 Å². The van der Waals surface area contributed by atoms with Gasteiger partial charge in [0.15, 0.2) is 5.84 Å². The van der Waals surface area contributed by atoms with E-state index in [0.717, 1.165) is 16.6 Å². The molecule has 0 aliphatic rings. The van der Waals surface area contributed by atoms with Crippen LogP contribution in [0.25, 0.3) is 10.9 Å². The fourth-order valence-corrected chi connectivity index (χ4v) is 2.03. The molecule has 1 aromatic carbocycles. The van der Waals surface area contributed by atoms with Crippen molar-refractivity contribution in [2.45, 2.75) is 6.54 Å². The Labute approximate surface area is 105 Å². The maximum absolute atomic E-state index is 8.54. The van der Waals surface area contributed by atoms with E-state index in [0.29, 0.717) is 13.1 Å². The number of hydrogen-bond donors (Lipinski definition) is 2. The van der Waals surface area contributed by atoms with Crippen LogP contribution in [0.4, 0.5) is 0 Å². The minimum absolute atomic E-state index is 0.192. The second-order valence-corrected chi connectivity index (χ2v) is 4.35. The van der Waals surface area contributed by atoms with Crippen molar-refractivity contribution < 1.29 is 5.21 Å². The van der Waals surface area contributed by atoms with E-state index in [4.69, 9.17) is 10.9 Å². The third-order valence-electron chi connectivity index (χ3n) is 2.81. The molecule has 0 saturated carbocycles. The first-order valence-corrected chi connectivity index (χ1v) is 5.67. The molecule has 1 aromatic heterocycles. The quantitative estimate of drug-likeness (QED) is 0.361. The number of aromatic nitrogens is 2. The van der Waals surface area contributed by atoms with Crippen molar-refractivity contribution in [1.29, 1.82) is 0 Å². The molecule has 2 aromatic rings. The number of rotatable bonds is 4. The number of para-hydroxylation sites is 1. The van der Waals surface area contributed by atoms with Crippen LogP contribution in [0.2, 0.25) is 0 Å². The van der Waals surface area contributed by atoms with Crippen molar-refractivity contribution >= 4 is 16.7 Å². The van der Waals surface area contributed by atoms with Crippen LogP contribution in [-0.4, -0.2) is 39.3 Å². The van der Waals surface area contributed by atoms with E-state index in [9.17, 15) is 0 Å². The van der Waals surface area contributed by atoms with Gasteiger partial charge in [0.25, 0.3) is 0 Å². The molecule has 0 amide bonds. The monoisotopic (exact) mass is 247 g/mol. The van der Waals surface area contributed by atoms with Gasteiger partial charge in [-0.3, -0.25) is 9.58 Å². The van der Waals surface area contributed by atoms with Gasteiger partial charge in [-0.1, -0.05) is 23.4 Å². The molecule has 6 nitrogen and oxygen atoms in total. The van der Waals surface area contributed by atoms with Gasteiger partial charge in [0, 0.05) is 19.0 Å². The molecule has 2 rings (SSSR count). The van der Waals surface area contributed by atoms with Gasteiger partial charge in [0.2, 0.25) is 0 Å². The van der Waals surface area contributed by atoms with Gasteiger partial charge in [-0.2, -0.15) is 5.10 Å².